The van der Waals surface area contributed by atoms with Crippen LogP contribution in [0.1, 0.15) is 31.1 Å². The number of carbonyl (C=O) groups excluding carboxylic acids is 1. The van der Waals surface area contributed by atoms with Gasteiger partial charge < -0.3 is 10.1 Å². The Labute approximate surface area is 126 Å². The molecule has 21 heavy (non-hydrogen) atoms. The zero-order valence-corrected chi connectivity index (χ0v) is 12.9. The van der Waals surface area contributed by atoms with E-state index in [-0.39, 0.29) is 11.4 Å². The van der Waals surface area contributed by atoms with Gasteiger partial charge in [0.05, 0.1) is 7.11 Å². The molecule has 0 aliphatic heterocycles. The number of hydrogen-bond donors (Lipinski definition) is 1. The average Bonchev–Trinajstić information content (AvgIpc) is 2.46. The quantitative estimate of drug-likeness (QED) is 0.928. The second kappa shape index (κ2) is 6.00. The first-order chi connectivity index (χ1) is 9.89. The van der Waals surface area contributed by atoms with Crippen LogP contribution < -0.4 is 10.1 Å². The molecule has 0 radical (unpaired) electrons. The molecule has 0 fully saturated rings. The van der Waals surface area contributed by atoms with Crippen LogP contribution in [0, 0.1) is 0 Å². The van der Waals surface area contributed by atoms with Crippen molar-refractivity contribution in [1.82, 2.24) is 5.32 Å². The van der Waals surface area contributed by atoms with Gasteiger partial charge in [-0.15, -0.1) is 0 Å². The summed E-state index contributed by atoms with van der Waals surface area (Å²) in [5.74, 6) is 0.762. The summed E-state index contributed by atoms with van der Waals surface area (Å²) >= 11 is 0. The highest BCUT2D eigenvalue weighted by Gasteiger charge is 2.15. The number of ether oxygens (including phenoxy) is 1. The molecular weight excluding hydrogens is 262 g/mol. The van der Waals surface area contributed by atoms with Crippen LogP contribution in [0.25, 0.3) is 11.1 Å². The molecule has 0 aliphatic rings. The van der Waals surface area contributed by atoms with Gasteiger partial charge in [-0.2, -0.15) is 0 Å². The third-order valence-corrected chi connectivity index (χ3v) is 3.04. The van der Waals surface area contributed by atoms with E-state index in [1.165, 1.54) is 0 Å². The van der Waals surface area contributed by atoms with Crippen LogP contribution >= 0.6 is 0 Å². The molecule has 0 spiro atoms. The van der Waals surface area contributed by atoms with Crippen molar-refractivity contribution in [2.75, 3.05) is 7.11 Å². The largest absolute Gasteiger partial charge is 0.497 e. The SMILES string of the molecule is COc1ccc(-c2cccc(C(=O)NC(C)(C)C)c2)cc1. The smallest absolute Gasteiger partial charge is 0.251 e. The van der Waals surface area contributed by atoms with Crippen molar-refractivity contribution in [3.63, 3.8) is 0 Å². The maximum Gasteiger partial charge on any atom is 0.251 e. The number of amides is 1. The Bertz CT molecular complexity index is 624. The van der Waals surface area contributed by atoms with E-state index in [9.17, 15) is 4.79 Å². The molecule has 0 aliphatic carbocycles. The molecule has 0 unspecified atom stereocenters. The van der Waals surface area contributed by atoms with E-state index in [1.807, 2.05) is 69.3 Å². The lowest BCUT2D eigenvalue weighted by molar-refractivity contribution is 0.0919. The fourth-order valence-corrected chi connectivity index (χ4v) is 2.04. The number of rotatable bonds is 3. The van der Waals surface area contributed by atoms with Crippen molar-refractivity contribution in [3.05, 3.63) is 54.1 Å². The summed E-state index contributed by atoms with van der Waals surface area (Å²) in [4.78, 5) is 12.2. The van der Waals surface area contributed by atoms with E-state index in [0.29, 0.717) is 5.56 Å². The zero-order chi connectivity index (χ0) is 15.5. The minimum atomic E-state index is -0.243. The van der Waals surface area contributed by atoms with Crippen LogP contribution in [0.5, 0.6) is 5.75 Å². The molecule has 3 nitrogen and oxygen atoms in total. The van der Waals surface area contributed by atoms with Crippen molar-refractivity contribution >= 4 is 5.91 Å². The lowest BCUT2D eigenvalue weighted by Crippen LogP contribution is -2.40. The van der Waals surface area contributed by atoms with Gasteiger partial charge >= 0.3 is 0 Å². The van der Waals surface area contributed by atoms with E-state index in [1.54, 1.807) is 7.11 Å². The Morgan fingerprint density at radius 3 is 2.24 bits per heavy atom. The van der Waals surface area contributed by atoms with Crippen LogP contribution in [0.4, 0.5) is 0 Å². The molecule has 0 saturated heterocycles. The lowest BCUT2D eigenvalue weighted by atomic mass is 10.0. The third-order valence-electron chi connectivity index (χ3n) is 3.04. The molecule has 1 N–H and O–H groups in total. The molecule has 1 amide bonds. The van der Waals surface area contributed by atoms with Crippen LogP contribution in [-0.2, 0) is 0 Å². The fraction of sp³-hybridized carbons (Fsp3) is 0.278. The van der Waals surface area contributed by atoms with Gasteiger partial charge in [-0.25, -0.2) is 0 Å². The minimum absolute atomic E-state index is 0.0575. The number of hydrogen-bond acceptors (Lipinski definition) is 2. The molecule has 2 aromatic carbocycles. The van der Waals surface area contributed by atoms with Crippen molar-refractivity contribution in [2.24, 2.45) is 0 Å². The molecule has 3 heteroatoms. The highest BCUT2D eigenvalue weighted by Crippen LogP contribution is 2.23. The Kier molecular flexibility index (Phi) is 4.32. The summed E-state index contributed by atoms with van der Waals surface area (Å²) in [5.41, 5.74) is 2.49. The van der Waals surface area contributed by atoms with E-state index in [0.717, 1.165) is 16.9 Å². The van der Waals surface area contributed by atoms with E-state index in [4.69, 9.17) is 4.74 Å². The maximum atomic E-state index is 12.2. The Hall–Kier alpha value is -2.29. The van der Waals surface area contributed by atoms with Crippen LogP contribution in [0.15, 0.2) is 48.5 Å². The second-order valence-corrected chi connectivity index (χ2v) is 6.01. The molecule has 2 aromatic rings. The highest BCUT2D eigenvalue weighted by atomic mass is 16.5. The summed E-state index contributed by atoms with van der Waals surface area (Å²) in [6.07, 6.45) is 0. The number of methoxy groups -OCH3 is 1. The topological polar surface area (TPSA) is 38.3 Å². The van der Waals surface area contributed by atoms with Gasteiger partial charge in [0.15, 0.2) is 0 Å². The van der Waals surface area contributed by atoms with Gasteiger partial charge in [0.1, 0.15) is 5.75 Å². The normalized spacial score (nSPS) is 11.0. The summed E-state index contributed by atoms with van der Waals surface area (Å²) in [5, 5.41) is 2.97. The predicted molar refractivity (Wildman–Crippen MR) is 85.6 cm³/mol. The van der Waals surface area contributed by atoms with Crippen molar-refractivity contribution < 1.29 is 9.53 Å². The monoisotopic (exact) mass is 283 g/mol. The standard InChI is InChI=1S/C18H21NO2/c1-18(2,3)19-17(20)15-7-5-6-14(12-15)13-8-10-16(21-4)11-9-13/h5-12H,1-4H3,(H,19,20). The fourth-order valence-electron chi connectivity index (χ4n) is 2.04. The summed E-state index contributed by atoms with van der Waals surface area (Å²) < 4.78 is 5.16. The summed E-state index contributed by atoms with van der Waals surface area (Å²) in [6.45, 7) is 5.91. The number of nitrogens with one attached hydrogen (secondary N) is 1. The Morgan fingerprint density at radius 1 is 1.00 bits per heavy atom. The molecule has 0 aromatic heterocycles. The minimum Gasteiger partial charge on any atom is -0.497 e. The van der Waals surface area contributed by atoms with Crippen LogP contribution in [0.2, 0.25) is 0 Å². The first-order valence-corrected chi connectivity index (χ1v) is 6.96. The molecule has 0 atom stereocenters. The average molecular weight is 283 g/mol. The van der Waals surface area contributed by atoms with Crippen molar-refractivity contribution in [2.45, 2.75) is 26.3 Å². The zero-order valence-electron chi connectivity index (χ0n) is 12.9. The molecule has 0 bridgehead atoms. The Morgan fingerprint density at radius 2 is 1.67 bits per heavy atom. The summed E-state index contributed by atoms with van der Waals surface area (Å²) in [7, 11) is 1.65. The Balaban J connectivity index is 2.26. The first kappa shape index (κ1) is 15.1. The number of benzene rings is 2. The molecular formula is C18H21NO2. The van der Waals surface area contributed by atoms with Gasteiger partial charge in [-0.3, -0.25) is 4.79 Å². The van der Waals surface area contributed by atoms with Gasteiger partial charge in [0.25, 0.3) is 5.91 Å². The van der Waals surface area contributed by atoms with Gasteiger partial charge in [0, 0.05) is 11.1 Å². The second-order valence-electron chi connectivity index (χ2n) is 6.01. The molecule has 2 rings (SSSR count). The maximum absolute atomic E-state index is 12.2. The van der Waals surface area contributed by atoms with E-state index >= 15 is 0 Å². The molecule has 110 valence electrons. The van der Waals surface area contributed by atoms with Gasteiger partial charge in [-0.05, 0) is 56.2 Å². The van der Waals surface area contributed by atoms with Crippen LogP contribution in [0.3, 0.4) is 0 Å². The predicted octanol–water partition coefficient (Wildman–Crippen LogP) is 3.89. The summed E-state index contributed by atoms with van der Waals surface area (Å²) in [6, 6.07) is 15.4. The lowest BCUT2D eigenvalue weighted by Gasteiger charge is -2.20. The van der Waals surface area contributed by atoms with Crippen LogP contribution in [-0.4, -0.2) is 18.6 Å². The van der Waals surface area contributed by atoms with E-state index < -0.39 is 0 Å². The van der Waals surface area contributed by atoms with E-state index in [2.05, 4.69) is 5.32 Å². The molecule has 0 heterocycles. The highest BCUT2D eigenvalue weighted by molar-refractivity contribution is 5.95. The number of carbonyl (C=O) groups is 1. The van der Waals surface area contributed by atoms with Crippen molar-refractivity contribution in [3.8, 4) is 16.9 Å². The van der Waals surface area contributed by atoms with Gasteiger partial charge in [0.2, 0.25) is 0 Å². The van der Waals surface area contributed by atoms with Gasteiger partial charge in [-0.1, -0.05) is 24.3 Å². The first-order valence-electron chi connectivity index (χ1n) is 6.96. The van der Waals surface area contributed by atoms with Crippen molar-refractivity contribution in [1.29, 1.82) is 0 Å². The third kappa shape index (κ3) is 4.09. The molecule has 0 saturated carbocycles.